The van der Waals surface area contributed by atoms with Crippen LogP contribution in [0.2, 0.25) is 0 Å². The van der Waals surface area contributed by atoms with Gasteiger partial charge in [0, 0.05) is 0 Å². The smallest absolute Gasteiger partial charge is 0.465 e. The summed E-state index contributed by atoms with van der Waals surface area (Å²) in [4.78, 5) is 11.3. The summed E-state index contributed by atoms with van der Waals surface area (Å²) >= 11 is 0. The standard InChI is InChI=1S/C8H14F3NO4S/c1-4-16-7(13)6(5(2)3)12-17(14,15)8(9,10)11/h5-6,12H,4H2,1-3H3. The molecule has 0 aromatic rings. The zero-order valence-electron chi connectivity index (χ0n) is 9.54. The van der Waals surface area contributed by atoms with Crippen LogP contribution in [0.4, 0.5) is 13.2 Å². The van der Waals surface area contributed by atoms with E-state index in [4.69, 9.17) is 0 Å². The summed E-state index contributed by atoms with van der Waals surface area (Å²) < 4.78 is 63.8. The zero-order chi connectivity index (χ0) is 13.9. The van der Waals surface area contributed by atoms with Crippen molar-refractivity contribution in [1.82, 2.24) is 4.72 Å². The molecule has 0 saturated carbocycles. The number of nitrogens with one attached hydrogen (secondary N) is 1. The van der Waals surface area contributed by atoms with E-state index in [0.29, 0.717) is 0 Å². The van der Waals surface area contributed by atoms with E-state index in [0.717, 1.165) is 0 Å². The minimum absolute atomic E-state index is 0.0458. The van der Waals surface area contributed by atoms with E-state index in [2.05, 4.69) is 4.74 Å². The molecule has 0 radical (unpaired) electrons. The SMILES string of the molecule is CCOC(=O)C(NS(=O)(=O)C(F)(F)F)C(C)C. The second-order valence-electron chi connectivity index (χ2n) is 3.54. The normalized spacial score (nSPS) is 14.8. The van der Waals surface area contributed by atoms with Crippen LogP contribution in [-0.4, -0.2) is 32.5 Å². The van der Waals surface area contributed by atoms with Gasteiger partial charge in [0.25, 0.3) is 0 Å². The Labute approximate surface area is 97.4 Å². The molecule has 0 aromatic carbocycles. The Balaban J connectivity index is 4.98. The maximum atomic E-state index is 12.1. The number of alkyl halides is 3. The lowest BCUT2D eigenvalue weighted by Crippen LogP contribution is -2.49. The van der Waals surface area contributed by atoms with Crippen molar-refractivity contribution >= 4 is 16.0 Å². The molecule has 0 saturated heterocycles. The van der Waals surface area contributed by atoms with Crippen molar-refractivity contribution in [3.05, 3.63) is 0 Å². The predicted molar refractivity (Wildman–Crippen MR) is 53.4 cm³/mol. The van der Waals surface area contributed by atoms with E-state index in [1.54, 1.807) is 0 Å². The first-order valence-corrected chi connectivity index (χ1v) is 6.26. The molecule has 0 fully saturated rings. The van der Waals surface area contributed by atoms with Gasteiger partial charge in [-0.1, -0.05) is 13.8 Å². The van der Waals surface area contributed by atoms with E-state index >= 15 is 0 Å². The monoisotopic (exact) mass is 277 g/mol. The summed E-state index contributed by atoms with van der Waals surface area (Å²) in [7, 11) is -5.56. The van der Waals surface area contributed by atoms with Gasteiger partial charge in [-0.25, -0.2) is 8.42 Å². The summed E-state index contributed by atoms with van der Waals surface area (Å²) in [6.07, 6.45) is 0. The van der Waals surface area contributed by atoms with Crippen LogP contribution in [0.5, 0.6) is 0 Å². The molecule has 1 N–H and O–H groups in total. The molecule has 0 amide bonds. The summed E-state index contributed by atoms with van der Waals surface area (Å²) in [6, 6.07) is -1.55. The largest absolute Gasteiger partial charge is 0.511 e. The molecule has 1 atom stereocenters. The minimum atomic E-state index is -5.56. The molecule has 17 heavy (non-hydrogen) atoms. The predicted octanol–water partition coefficient (Wildman–Crippen LogP) is 1.01. The maximum Gasteiger partial charge on any atom is 0.511 e. The molecular formula is C8H14F3NO4S. The molecular weight excluding hydrogens is 263 g/mol. The van der Waals surface area contributed by atoms with E-state index in [1.165, 1.54) is 25.5 Å². The van der Waals surface area contributed by atoms with Crippen LogP contribution in [0.25, 0.3) is 0 Å². The van der Waals surface area contributed by atoms with Gasteiger partial charge in [0.05, 0.1) is 6.61 Å². The topological polar surface area (TPSA) is 72.5 Å². The number of hydrogen-bond donors (Lipinski definition) is 1. The van der Waals surface area contributed by atoms with Gasteiger partial charge in [-0.2, -0.15) is 17.9 Å². The fraction of sp³-hybridized carbons (Fsp3) is 0.875. The van der Waals surface area contributed by atoms with Gasteiger partial charge in [0.1, 0.15) is 6.04 Å². The highest BCUT2D eigenvalue weighted by Gasteiger charge is 2.48. The number of carbonyl (C=O) groups is 1. The molecule has 9 heteroatoms. The van der Waals surface area contributed by atoms with Gasteiger partial charge in [0.15, 0.2) is 0 Å². The van der Waals surface area contributed by atoms with Gasteiger partial charge in [-0.05, 0) is 12.8 Å². The molecule has 102 valence electrons. The lowest BCUT2D eigenvalue weighted by atomic mass is 10.1. The summed E-state index contributed by atoms with van der Waals surface area (Å²) in [5, 5.41) is 0. The van der Waals surface area contributed by atoms with Crippen LogP contribution >= 0.6 is 0 Å². The average Bonchev–Trinajstić information content (AvgIpc) is 2.12. The number of ether oxygens (including phenoxy) is 1. The number of rotatable bonds is 5. The minimum Gasteiger partial charge on any atom is -0.465 e. The highest BCUT2D eigenvalue weighted by atomic mass is 32.2. The number of sulfonamides is 1. The van der Waals surface area contributed by atoms with Gasteiger partial charge in [0.2, 0.25) is 0 Å². The molecule has 0 heterocycles. The second-order valence-corrected chi connectivity index (χ2v) is 5.25. The molecule has 0 aliphatic heterocycles. The van der Waals surface area contributed by atoms with Gasteiger partial charge < -0.3 is 4.74 Å². The fourth-order valence-corrected chi connectivity index (χ4v) is 1.76. The van der Waals surface area contributed by atoms with Gasteiger partial charge in [-0.3, -0.25) is 4.79 Å². The Morgan fingerprint density at radius 3 is 2.12 bits per heavy atom. The van der Waals surface area contributed by atoms with Crippen molar-refractivity contribution in [2.75, 3.05) is 6.61 Å². The van der Waals surface area contributed by atoms with Crippen LogP contribution < -0.4 is 4.72 Å². The Bertz CT molecular complexity index is 363. The third-order valence-corrected chi connectivity index (χ3v) is 2.97. The fourth-order valence-electron chi connectivity index (χ4n) is 0.922. The first kappa shape index (κ1) is 16.2. The van der Waals surface area contributed by atoms with Gasteiger partial charge in [-0.15, -0.1) is 0 Å². The van der Waals surface area contributed by atoms with E-state index in [1.807, 2.05) is 0 Å². The van der Waals surface area contributed by atoms with Crippen LogP contribution in [0.15, 0.2) is 0 Å². The van der Waals surface area contributed by atoms with Crippen molar-refractivity contribution in [3.63, 3.8) is 0 Å². The third-order valence-electron chi connectivity index (χ3n) is 1.79. The summed E-state index contributed by atoms with van der Waals surface area (Å²) in [6.45, 7) is 4.23. The van der Waals surface area contributed by atoms with Gasteiger partial charge >= 0.3 is 21.5 Å². The van der Waals surface area contributed by atoms with Crippen LogP contribution in [0, 0.1) is 5.92 Å². The molecule has 5 nitrogen and oxygen atoms in total. The van der Waals surface area contributed by atoms with E-state index in [9.17, 15) is 26.4 Å². The van der Waals surface area contributed by atoms with Crippen molar-refractivity contribution in [2.24, 2.45) is 5.92 Å². The molecule has 0 aliphatic carbocycles. The van der Waals surface area contributed by atoms with E-state index in [-0.39, 0.29) is 6.61 Å². The van der Waals surface area contributed by atoms with Crippen LogP contribution in [0.3, 0.4) is 0 Å². The average molecular weight is 277 g/mol. The molecule has 0 aliphatic rings. The quantitative estimate of drug-likeness (QED) is 0.761. The molecule has 1 unspecified atom stereocenters. The second kappa shape index (κ2) is 5.67. The van der Waals surface area contributed by atoms with E-state index < -0.39 is 33.5 Å². The molecule has 0 rings (SSSR count). The Morgan fingerprint density at radius 2 is 1.82 bits per heavy atom. The van der Waals surface area contributed by atoms with Crippen molar-refractivity contribution in [2.45, 2.75) is 32.3 Å². The summed E-state index contributed by atoms with van der Waals surface area (Å²) in [5.41, 5.74) is -5.45. The Hall–Kier alpha value is -0.830. The Kier molecular flexibility index (Phi) is 5.40. The van der Waals surface area contributed by atoms with Crippen molar-refractivity contribution < 1.29 is 31.1 Å². The first-order valence-electron chi connectivity index (χ1n) is 4.78. The highest BCUT2D eigenvalue weighted by Crippen LogP contribution is 2.23. The number of carbonyl (C=O) groups excluding carboxylic acids is 1. The molecule has 0 bridgehead atoms. The maximum absolute atomic E-state index is 12.1. The molecule has 0 aromatic heterocycles. The molecule has 0 spiro atoms. The van der Waals surface area contributed by atoms with Crippen molar-refractivity contribution in [3.8, 4) is 0 Å². The highest BCUT2D eigenvalue weighted by molar-refractivity contribution is 7.90. The number of halogens is 3. The lowest BCUT2D eigenvalue weighted by molar-refractivity contribution is -0.146. The first-order chi connectivity index (χ1) is 7.53. The zero-order valence-corrected chi connectivity index (χ0v) is 10.4. The number of hydrogen-bond acceptors (Lipinski definition) is 4. The number of esters is 1. The third kappa shape index (κ3) is 4.50. The summed E-state index contributed by atoms with van der Waals surface area (Å²) in [5.74, 6) is -1.69. The lowest BCUT2D eigenvalue weighted by Gasteiger charge is -2.21. The van der Waals surface area contributed by atoms with Crippen molar-refractivity contribution in [1.29, 1.82) is 0 Å². The van der Waals surface area contributed by atoms with Crippen LogP contribution in [0.1, 0.15) is 20.8 Å². The Morgan fingerprint density at radius 1 is 1.35 bits per heavy atom. The van der Waals surface area contributed by atoms with Crippen LogP contribution in [-0.2, 0) is 19.6 Å².